The molecule has 0 saturated heterocycles. The van der Waals surface area contributed by atoms with Gasteiger partial charge < -0.3 is 33.8 Å². The first kappa shape index (κ1) is 106. The van der Waals surface area contributed by atoms with Crippen LogP contribution in [0.15, 0.2) is 0 Å². The quantitative estimate of drug-likeness (QED) is 0.0222. The Balaban J connectivity index is 5.19. The molecule has 5 atom stereocenters. The van der Waals surface area contributed by atoms with Crippen molar-refractivity contribution in [1.82, 2.24) is 0 Å². The average Bonchev–Trinajstić information content (AvgIpc) is 0.900. The van der Waals surface area contributed by atoms with Crippen LogP contribution in [0.5, 0.6) is 0 Å². The van der Waals surface area contributed by atoms with E-state index < -0.39 is 97.5 Å². The maximum atomic E-state index is 13.2. The molecule has 0 amide bonds. The topological polar surface area (TPSA) is 237 Å². The molecule has 0 aromatic rings. The van der Waals surface area contributed by atoms with Crippen LogP contribution in [0.2, 0.25) is 0 Å². The molecular formula is C89H174O17P2. The van der Waals surface area contributed by atoms with Gasteiger partial charge in [-0.05, 0) is 25.7 Å². The lowest BCUT2D eigenvalue weighted by molar-refractivity contribution is -0.161. The van der Waals surface area contributed by atoms with E-state index in [1.807, 2.05) is 0 Å². The second-order valence-corrected chi connectivity index (χ2v) is 34.9. The van der Waals surface area contributed by atoms with Gasteiger partial charge in [0.1, 0.15) is 19.3 Å². The molecule has 17 nitrogen and oxygen atoms in total. The van der Waals surface area contributed by atoms with Crippen LogP contribution >= 0.6 is 15.6 Å². The summed E-state index contributed by atoms with van der Waals surface area (Å²) in [5, 5.41) is 10.7. The number of carbonyl (C=O) groups is 4. The third kappa shape index (κ3) is 82.1. The first-order chi connectivity index (χ1) is 52.7. The molecule has 0 bridgehead atoms. The number of esters is 4. The number of aliphatic hydroxyl groups is 1. The minimum absolute atomic E-state index is 0.108. The van der Waals surface area contributed by atoms with E-state index in [4.69, 9.17) is 37.0 Å². The van der Waals surface area contributed by atoms with Gasteiger partial charge in [-0.25, -0.2) is 9.13 Å². The number of phosphoric acid groups is 2. The van der Waals surface area contributed by atoms with Crippen molar-refractivity contribution in [2.45, 2.75) is 508 Å². The molecule has 0 aliphatic heterocycles. The summed E-state index contributed by atoms with van der Waals surface area (Å²) in [5.74, 6) is -2.09. The molecule has 0 spiro atoms. The Bertz CT molecular complexity index is 2030. The maximum Gasteiger partial charge on any atom is 0.472 e. The second-order valence-electron chi connectivity index (χ2n) is 32.0. The minimum atomic E-state index is -4.97. The van der Waals surface area contributed by atoms with Gasteiger partial charge in [0, 0.05) is 25.7 Å². The standard InChI is InChI=1S/C89H174O17P2/c1-5-9-13-17-21-25-29-33-35-37-39-41-43-45-47-49-51-55-58-62-66-70-74-87(92)100-80-85(106-89(94)76-72-68-64-60-56-52-50-48-46-44-42-40-38-36-34-30-26-22-18-14-10-6-2)82-104-108(97,98)102-78-83(90)77-101-107(95,96)103-81-84(105-88(93)75-71-67-63-59-54-32-28-24-20-16-12-8-4)79-99-86(91)73-69-65-61-57-53-31-27-23-19-15-11-7-3/h83-85,90H,5-82H2,1-4H3,(H,95,96)(H,97,98)/t83-,84+,85+/m0/s1. The first-order valence-corrected chi connectivity index (χ1v) is 49.3. The molecule has 0 radical (unpaired) electrons. The molecule has 3 N–H and O–H groups in total. The molecule has 0 aliphatic rings. The monoisotopic (exact) mass is 1580 g/mol. The zero-order valence-corrected chi connectivity index (χ0v) is 72.6. The average molecular weight is 1580 g/mol. The second kappa shape index (κ2) is 83.0. The van der Waals surface area contributed by atoms with Crippen LogP contribution in [0.3, 0.4) is 0 Å². The molecule has 0 aliphatic carbocycles. The van der Waals surface area contributed by atoms with Crippen molar-refractivity contribution in [3.63, 3.8) is 0 Å². The summed E-state index contributed by atoms with van der Waals surface area (Å²) in [6.07, 6.45) is 79.3. The van der Waals surface area contributed by atoms with E-state index >= 15 is 0 Å². The summed E-state index contributed by atoms with van der Waals surface area (Å²) >= 11 is 0. The summed E-state index contributed by atoms with van der Waals surface area (Å²) in [5.41, 5.74) is 0. The molecule has 108 heavy (non-hydrogen) atoms. The maximum absolute atomic E-state index is 13.2. The van der Waals surface area contributed by atoms with Gasteiger partial charge in [-0.3, -0.25) is 37.3 Å². The summed E-state index contributed by atoms with van der Waals surface area (Å²) in [4.78, 5) is 73.3. The Labute approximate surface area is 664 Å². The van der Waals surface area contributed by atoms with Crippen molar-refractivity contribution in [3.8, 4) is 0 Å². The molecule has 2 unspecified atom stereocenters. The Hall–Kier alpha value is -1.94. The first-order valence-electron chi connectivity index (χ1n) is 46.3. The number of rotatable bonds is 90. The van der Waals surface area contributed by atoms with Crippen LogP contribution in [0.1, 0.15) is 490 Å². The Kier molecular flexibility index (Phi) is 81.5. The zero-order chi connectivity index (χ0) is 78.9. The van der Waals surface area contributed by atoms with Crippen molar-refractivity contribution in [1.29, 1.82) is 0 Å². The summed E-state index contributed by atoms with van der Waals surface area (Å²) in [6.45, 7) is 5.06. The molecule has 0 aromatic carbocycles. The predicted octanol–water partition coefficient (Wildman–Crippen LogP) is 27.7. The highest BCUT2D eigenvalue weighted by Crippen LogP contribution is 2.45. The highest BCUT2D eigenvalue weighted by molar-refractivity contribution is 7.47. The third-order valence-electron chi connectivity index (χ3n) is 21.1. The normalized spacial score (nSPS) is 13.7. The Morgan fingerprint density at radius 2 is 0.370 bits per heavy atom. The van der Waals surface area contributed by atoms with Crippen LogP contribution in [-0.2, 0) is 65.4 Å². The van der Waals surface area contributed by atoms with Gasteiger partial charge in [0.25, 0.3) is 0 Å². The lowest BCUT2D eigenvalue weighted by Crippen LogP contribution is -2.30. The fourth-order valence-electron chi connectivity index (χ4n) is 14.1. The van der Waals surface area contributed by atoms with E-state index in [-0.39, 0.29) is 25.7 Å². The van der Waals surface area contributed by atoms with Crippen LogP contribution in [0.25, 0.3) is 0 Å². The van der Waals surface area contributed by atoms with Gasteiger partial charge in [0.2, 0.25) is 0 Å². The molecule has 0 aromatic heterocycles. The number of phosphoric ester groups is 2. The molecule has 0 saturated carbocycles. The van der Waals surface area contributed by atoms with E-state index in [1.165, 1.54) is 321 Å². The fourth-order valence-corrected chi connectivity index (χ4v) is 15.6. The summed E-state index contributed by atoms with van der Waals surface area (Å²) < 4.78 is 68.9. The zero-order valence-electron chi connectivity index (χ0n) is 70.8. The minimum Gasteiger partial charge on any atom is -0.462 e. The molecular weight excluding hydrogens is 1400 g/mol. The van der Waals surface area contributed by atoms with E-state index in [9.17, 15) is 43.2 Å². The lowest BCUT2D eigenvalue weighted by Gasteiger charge is -2.21. The number of carbonyl (C=O) groups excluding carboxylic acids is 4. The van der Waals surface area contributed by atoms with Crippen LogP contribution in [0, 0.1) is 0 Å². The largest absolute Gasteiger partial charge is 0.472 e. The predicted molar refractivity (Wildman–Crippen MR) is 446 cm³/mol. The van der Waals surface area contributed by atoms with Crippen molar-refractivity contribution in [2.24, 2.45) is 0 Å². The number of hydrogen-bond donors (Lipinski definition) is 3. The van der Waals surface area contributed by atoms with Gasteiger partial charge in [-0.2, -0.15) is 0 Å². The molecule has 642 valence electrons. The number of hydrogen-bond acceptors (Lipinski definition) is 15. The van der Waals surface area contributed by atoms with Crippen LogP contribution in [0.4, 0.5) is 0 Å². The highest BCUT2D eigenvalue weighted by atomic mass is 31.2. The van der Waals surface area contributed by atoms with Gasteiger partial charge in [0.05, 0.1) is 26.4 Å². The van der Waals surface area contributed by atoms with Crippen molar-refractivity contribution in [3.05, 3.63) is 0 Å². The third-order valence-corrected chi connectivity index (χ3v) is 23.0. The van der Waals surface area contributed by atoms with Gasteiger partial charge in [-0.15, -0.1) is 0 Å². The van der Waals surface area contributed by atoms with E-state index in [0.717, 1.165) is 89.9 Å². The van der Waals surface area contributed by atoms with E-state index in [1.54, 1.807) is 0 Å². The van der Waals surface area contributed by atoms with Crippen LogP contribution in [-0.4, -0.2) is 96.7 Å². The number of aliphatic hydroxyl groups excluding tert-OH is 1. The van der Waals surface area contributed by atoms with Crippen molar-refractivity contribution < 1.29 is 80.2 Å². The Morgan fingerprint density at radius 3 is 0.546 bits per heavy atom. The molecule has 0 fully saturated rings. The van der Waals surface area contributed by atoms with Gasteiger partial charge in [-0.1, -0.05) is 439 Å². The van der Waals surface area contributed by atoms with E-state index in [0.29, 0.717) is 25.7 Å². The smallest absolute Gasteiger partial charge is 0.462 e. The molecule has 0 rings (SSSR count). The summed E-state index contributed by atoms with van der Waals surface area (Å²) in [6, 6.07) is 0. The van der Waals surface area contributed by atoms with Gasteiger partial charge in [0.15, 0.2) is 12.2 Å². The molecule has 0 heterocycles. The van der Waals surface area contributed by atoms with Gasteiger partial charge >= 0.3 is 39.5 Å². The lowest BCUT2D eigenvalue weighted by atomic mass is 10.0. The summed E-state index contributed by atoms with van der Waals surface area (Å²) in [7, 11) is -9.93. The number of ether oxygens (including phenoxy) is 4. The van der Waals surface area contributed by atoms with Crippen LogP contribution < -0.4 is 0 Å². The molecule has 19 heteroatoms. The fraction of sp³-hybridized carbons (Fsp3) is 0.955. The van der Waals surface area contributed by atoms with E-state index in [2.05, 4.69) is 27.7 Å². The SMILES string of the molecule is CCCCCCCCCCCCCCCCCCCCCCCCC(=O)OC[C@H](COP(=O)(O)OC[C@@H](O)COP(=O)(O)OC[C@@H](COC(=O)CCCCCCCCCCCCCC)OC(=O)CCCCCCCCCCCCCC)OC(=O)CCCCCCCCCCCCCCCCCCCCCCCC. The van der Waals surface area contributed by atoms with Crippen molar-refractivity contribution >= 4 is 39.5 Å². The van der Waals surface area contributed by atoms with Crippen molar-refractivity contribution in [2.75, 3.05) is 39.6 Å². The highest BCUT2D eigenvalue weighted by Gasteiger charge is 2.30. The Morgan fingerprint density at radius 1 is 0.222 bits per heavy atom. The number of unbranched alkanes of at least 4 members (excludes halogenated alkanes) is 64.